The topological polar surface area (TPSA) is 54.4 Å². The van der Waals surface area contributed by atoms with Crippen LogP contribution in [0.5, 0.6) is 0 Å². The van der Waals surface area contributed by atoms with Crippen molar-refractivity contribution in [2.75, 3.05) is 5.33 Å². The molecular weight excluding hydrogens is 212 g/mol. The number of carbonyl (C=O) groups excluding carboxylic acids is 1. The Balaban J connectivity index is 0. The Kier molecular flexibility index (Phi) is 11.6. The first-order valence-corrected chi connectivity index (χ1v) is 4.50. The van der Waals surface area contributed by atoms with Crippen molar-refractivity contribution in [1.82, 2.24) is 0 Å². The van der Waals surface area contributed by atoms with Gasteiger partial charge in [0.2, 0.25) is 0 Å². The summed E-state index contributed by atoms with van der Waals surface area (Å²) >= 11 is 2.83. The number of halogens is 1. The zero-order valence-electron chi connectivity index (χ0n) is 6.76. The highest BCUT2D eigenvalue weighted by Gasteiger charge is 2.03. The van der Waals surface area contributed by atoms with E-state index in [0.717, 1.165) is 0 Å². The van der Waals surface area contributed by atoms with E-state index in [1.165, 1.54) is 6.42 Å². The Morgan fingerprint density at radius 1 is 1.36 bits per heavy atom. The van der Waals surface area contributed by atoms with Gasteiger partial charge in [-0.2, -0.15) is 0 Å². The van der Waals surface area contributed by atoms with Gasteiger partial charge in [0, 0.05) is 0 Å². The van der Waals surface area contributed by atoms with Gasteiger partial charge >= 0.3 is 5.97 Å². The second-order valence-electron chi connectivity index (χ2n) is 1.95. The molecule has 0 spiro atoms. The fraction of sp³-hybridized carbons (Fsp3) is 0.714. The van der Waals surface area contributed by atoms with Crippen LogP contribution in [0.15, 0.2) is 0 Å². The first-order valence-electron chi connectivity index (χ1n) is 3.37. The molecule has 0 saturated carbocycles. The monoisotopic (exact) mass is 224 g/mol. The van der Waals surface area contributed by atoms with Crippen molar-refractivity contribution in [3.63, 3.8) is 0 Å². The van der Waals surface area contributed by atoms with E-state index in [4.69, 9.17) is 5.11 Å². The number of carboxylic acid groups (broad SMARTS) is 1. The van der Waals surface area contributed by atoms with Crippen molar-refractivity contribution < 1.29 is 14.7 Å². The molecule has 0 atom stereocenters. The van der Waals surface area contributed by atoms with E-state index in [9.17, 15) is 9.59 Å². The van der Waals surface area contributed by atoms with Crippen molar-refractivity contribution in [2.24, 2.45) is 0 Å². The first-order chi connectivity index (χ1) is 5.08. The molecule has 11 heavy (non-hydrogen) atoms. The van der Waals surface area contributed by atoms with Gasteiger partial charge in [-0.15, -0.1) is 0 Å². The summed E-state index contributed by atoms with van der Waals surface area (Å²) in [6, 6.07) is 0. The fourth-order valence-corrected chi connectivity index (χ4v) is 0.414. The summed E-state index contributed by atoms with van der Waals surface area (Å²) in [6.07, 6.45) is 0.866. The molecule has 0 aromatic heterocycles. The molecule has 0 heterocycles. The van der Waals surface area contributed by atoms with Crippen LogP contribution >= 0.6 is 15.9 Å². The highest BCUT2D eigenvalue weighted by Crippen LogP contribution is 1.87. The Morgan fingerprint density at radius 2 is 1.73 bits per heavy atom. The standard InChI is InChI=1S/C4H5BrO3.C3H8/c5-2-3(6)1-4(7)8;1-3-2/h1-2H2,(H,7,8);3H2,1-2H3. The van der Waals surface area contributed by atoms with Crippen molar-refractivity contribution >= 4 is 27.7 Å². The number of alkyl halides is 1. The van der Waals surface area contributed by atoms with Gasteiger partial charge in [0.15, 0.2) is 5.78 Å². The lowest BCUT2D eigenvalue weighted by Gasteiger charge is -1.85. The Hall–Kier alpha value is -0.380. The van der Waals surface area contributed by atoms with E-state index in [-0.39, 0.29) is 17.5 Å². The number of aliphatic carboxylic acids is 1. The van der Waals surface area contributed by atoms with Gasteiger partial charge in [-0.25, -0.2) is 0 Å². The van der Waals surface area contributed by atoms with Crippen LogP contribution < -0.4 is 0 Å². The molecular formula is C7H13BrO3. The van der Waals surface area contributed by atoms with Gasteiger partial charge in [0.1, 0.15) is 6.42 Å². The molecule has 3 nitrogen and oxygen atoms in total. The Bertz CT molecular complexity index is 123. The van der Waals surface area contributed by atoms with Crippen LogP contribution in [0.4, 0.5) is 0 Å². The molecule has 0 aromatic carbocycles. The quantitative estimate of drug-likeness (QED) is 0.588. The molecule has 0 unspecified atom stereocenters. The predicted molar refractivity (Wildman–Crippen MR) is 47.0 cm³/mol. The maximum Gasteiger partial charge on any atom is 0.310 e. The largest absolute Gasteiger partial charge is 0.481 e. The van der Waals surface area contributed by atoms with Crippen molar-refractivity contribution in [3.05, 3.63) is 0 Å². The number of hydrogen-bond acceptors (Lipinski definition) is 2. The molecule has 0 rings (SSSR count). The van der Waals surface area contributed by atoms with E-state index in [0.29, 0.717) is 0 Å². The number of carbonyl (C=O) groups is 2. The maximum absolute atomic E-state index is 10.2. The number of Topliss-reactive ketones (excluding diaryl/α,β-unsaturated/α-hetero) is 1. The molecule has 0 aliphatic carbocycles. The minimum absolute atomic E-state index is 0.124. The number of ketones is 1. The molecule has 0 aliphatic rings. The highest BCUT2D eigenvalue weighted by atomic mass is 79.9. The normalized spacial score (nSPS) is 7.91. The van der Waals surface area contributed by atoms with E-state index in [1.54, 1.807) is 0 Å². The minimum atomic E-state index is -1.07. The average Bonchev–Trinajstić information content (AvgIpc) is 1.88. The zero-order valence-corrected chi connectivity index (χ0v) is 8.35. The third kappa shape index (κ3) is 17.7. The molecule has 0 aliphatic heterocycles. The SMILES string of the molecule is CCC.O=C(O)CC(=O)CBr. The summed E-state index contributed by atoms with van der Waals surface area (Å²) in [5.41, 5.74) is 0. The number of hydrogen-bond donors (Lipinski definition) is 1. The summed E-state index contributed by atoms with van der Waals surface area (Å²) in [6.45, 7) is 4.25. The molecule has 0 bridgehead atoms. The van der Waals surface area contributed by atoms with Crippen LogP contribution in [-0.4, -0.2) is 22.2 Å². The molecule has 0 amide bonds. The van der Waals surface area contributed by atoms with Gasteiger partial charge in [-0.3, -0.25) is 9.59 Å². The third-order valence-electron chi connectivity index (χ3n) is 0.497. The predicted octanol–water partition coefficient (Wildman–Crippen LogP) is 1.84. The zero-order chi connectivity index (χ0) is 9.28. The third-order valence-corrected chi connectivity index (χ3v) is 1.12. The van der Waals surface area contributed by atoms with Gasteiger partial charge in [0.25, 0.3) is 0 Å². The second-order valence-corrected chi connectivity index (χ2v) is 2.51. The smallest absolute Gasteiger partial charge is 0.310 e. The maximum atomic E-state index is 10.2. The van der Waals surface area contributed by atoms with Gasteiger partial charge in [-0.1, -0.05) is 36.2 Å². The lowest BCUT2D eigenvalue weighted by molar-refractivity contribution is -0.139. The fourth-order valence-electron chi connectivity index (χ4n) is 0.216. The van der Waals surface area contributed by atoms with E-state index < -0.39 is 5.97 Å². The molecule has 0 fully saturated rings. The van der Waals surface area contributed by atoms with Gasteiger partial charge in [-0.05, 0) is 0 Å². The van der Waals surface area contributed by atoms with E-state index in [2.05, 4.69) is 29.8 Å². The number of rotatable bonds is 3. The second kappa shape index (κ2) is 9.62. The van der Waals surface area contributed by atoms with Crippen LogP contribution in [0.2, 0.25) is 0 Å². The molecule has 0 aromatic rings. The molecule has 66 valence electrons. The molecule has 4 heteroatoms. The lowest BCUT2D eigenvalue weighted by Crippen LogP contribution is -2.06. The average molecular weight is 225 g/mol. The highest BCUT2D eigenvalue weighted by molar-refractivity contribution is 9.09. The summed E-state index contributed by atoms with van der Waals surface area (Å²) in [5, 5.41) is 8.10. The Morgan fingerprint density at radius 3 is 1.82 bits per heavy atom. The van der Waals surface area contributed by atoms with Crippen LogP contribution in [-0.2, 0) is 9.59 Å². The van der Waals surface area contributed by atoms with Crippen molar-refractivity contribution in [1.29, 1.82) is 0 Å². The summed E-state index contributed by atoms with van der Waals surface area (Å²) in [7, 11) is 0. The molecule has 0 radical (unpaired) electrons. The van der Waals surface area contributed by atoms with Gasteiger partial charge < -0.3 is 5.11 Å². The van der Waals surface area contributed by atoms with Crippen LogP contribution in [0.25, 0.3) is 0 Å². The van der Waals surface area contributed by atoms with Crippen LogP contribution in [0.3, 0.4) is 0 Å². The lowest BCUT2D eigenvalue weighted by atomic mass is 10.3. The van der Waals surface area contributed by atoms with E-state index >= 15 is 0 Å². The summed E-state index contributed by atoms with van der Waals surface area (Å²) < 4.78 is 0. The van der Waals surface area contributed by atoms with Gasteiger partial charge in [0.05, 0.1) is 5.33 Å². The van der Waals surface area contributed by atoms with Crippen LogP contribution in [0, 0.1) is 0 Å². The van der Waals surface area contributed by atoms with Crippen molar-refractivity contribution in [2.45, 2.75) is 26.7 Å². The molecule has 1 N–H and O–H groups in total. The first kappa shape index (κ1) is 13.2. The van der Waals surface area contributed by atoms with E-state index in [1.807, 2.05) is 0 Å². The molecule has 0 saturated heterocycles. The Labute approximate surface area is 74.9 Å². The number of carboxylic acids is 1. The minimum Gasteiger partial charge on any atom is -0.481 e. The summed E-state index contributed by atoms with van der Waals surface area (Å²) in [5.74, 6) is -1.38. The van der Waals surface area contributed by atoms with Crippen molar-refractivity contribution in [3.8, 4) is 0 Å². The van der Waals surface area contributed by atoms with Crippen LogP contribution in [0.1, 0.15) is 26.7 Å². The summed E-state index contributed by atoms with van der Waals surface area (Å²) in [4.78, 5) is 19.9.